The highest BCUT2D eigenvalue weighted by atomic mass is 32.2. The van der Waals surface area contributed by atoms with E-state index in [1.165, 1.54) is 19.1 Å². The summed E-state index contributed by atoms with van der Waals surface area (Å²) < 4.78 is 26.6. The molecule has 0 saturated carbocycles. The third kappa shape index (κ3) is 4.01. The van der Waals surface area contributed by atoms with Crippen LogP contribution in [0.4, 0.5) is 5.69 Å². The Morgan fingerprint density at radius 2 is 2.05 bits per heavy atom. The molecule has 0 spiro atoms. The van der Waals surface area contributed by atoms with Crippen LogP contribution >= 0.6 is 0 Å². The Bertz CT molecular complexity index is 686. The maximum Gasteiger partial charge on any atom is 0.322 e. The summed E-state index contributed by atoms with van der Waals surface area (Å²) in [5, 5.41) is 20.0. The first kappa shape index (κ1) is 18.1. The van der Waals surface area contributed by atoms with E-state index in [1.54, 1.807) is 13.8 Å². The summed E-state index contributed by atoms with van der Waals surface area (Å²) in [5.41, 5.74) is -0.0149. The van der Waals surface area contributed by atoms with Gasteiger partial charge in [-0.1, -0.05) is 26.3 Å². The molecule has 0 radical (unpaired) electrons. The molecule has 0 bridgehead atoms. The van der Waals surface area contributed by atoms with Crippen LogP contribution in [-0.4, -0.2) is 30.5 Å². The van der Waals surface area contributed by atoms with Gasteiger partial charge in [-0.2, -0.15) is 4.72 Å². The number of benzene rings is 1. The molecule has 0 aliphatic heterocycles. The molecule has 0 saturated heterocycles. The van der Waals surface area contributed by atoms with Gasteiger partial charge in [-0.25, -0.2) is 8.42 Å². The number of aryl methyl sites for hydroxylation is 1. The second-order valence-electron chi connectivity index (χ2n) is 5.03. The van der Waals surface area contributed by atoms with Crippen LogP contribution in [0.1, 0.15) is 25.8 Å². The number of hydrogen-bond acceptors (Lipinski definition) is 5. The molecule has 22 heavy (non-hydrogen) atoms. The molecule has 0 aliphatic carbocycles. The fraction of sp³-hybridized carbons (Fsp3) is 0.462. The summed E-state index contributed by atoms with van der Waals surface area (Å²) in [6.07, 6.45) is 0.466. The number of nitro benzene ring substituents is 1. The number of carbonyl (C=O) groups is 1. The first-order valence-electron chi connectivity index (χ1n) is 6.60. The fourth-order valence-corrected chi connectivity index (χ4v) is 3.15. The zero-order chi connectivity index (χ0) is 17.1. The monoisotopic (exact) mass is 330 g/mol. The molecule has 0 aromatic heterocycles. The maximum atomic E-state index is 12.3. The first-order chi connectivity index (χ1) is 10.1. The van der Waals surface area contributed by atoms with Crippen molar-refractivity contribution in [2.45, 2.75) is 38.1 Å². The molecule has 1 rings (SSSR count). The molecule has 1 aromatic carbocycles. The van der Waals surface area contributed by atoms with Crippen LogP contribution in [0, 0.1) is 23.0 Å². The predicted octanol–water partition coefficient (Wildman–Crippen LogP) is 1.68. The number of nitrogens with zero attached hydrogens (tertiary/aromatic N) is 1. The van der Waals surface area contributed by atoms with Gasteiger partial charge in [0.1, 0.15) is 6.04 Å². The fourth-order valence-electron chi connectivity index (χ4n) is 1.83. The highest BCUT2D eigenvalue weighted by Crippen LogP contribution is 2.23. The number of sulfonamides is 1. The van der Waals surface area contributed by atoms with Gasteiger partial charge in [-0.3, -0.25) is 14.9 Å². The topological polar surface area (TPSA) is 127 Å². The van der Waals surface area contributed by atoms with Crippen molar-refractivity contribution in [1.29, 1.82) is 0 Å². The van der Waals surface area contributed by atoms with Gasteiger partial charge in [0.15, 0.2) is 0 Å². The van der Waals surface area contributed by atoms with Gasteiger partial charge in [-0.15, -0.1) is 0 Å². The van der Waals surface area contributed by atoms with E-state index in [0.717, 1.165) is 6.07 Å². The molecule has 0 amide bonds. The molecule has 0 aliphatic rings. The summed E-state index contributed by atoms with van der Waals surface area (Å²) in [4.78, 5) is 21.1. The highest BCUT2D eigenvalue weighted by molar-refractivity contribution is 7.89. The number of hydrogen-bond donors (Lipinski definition) is 2. The third-order valence-electron chi connectivity index (χ3n) is 3.45. The molecular weight excluding hydrogens is 312 g/mol. The summed E-state index contributed by atoms with van der Waals surface area (Å²) in [5.74, 6) is -1.72. The van der Waals surface area contributed by atoms with E-state index in [4.69, 9.17) is 5.11 Å². The van der Waals surface area contributed by atoms with E-state index >= 15 is 0 Å². The Labute approximate surface area is 128 Å². The summed E-state index contributed by atoms with van der Waals surface area (Å²) in [7, 11) is -4.17. The van der Waals surface area contributed by atoms with Crippen LogP contribution in [0.5, 0.6) is 0 Å². The van der Waals surface area contributed by atoms with E-state index in [-0.39, 0.29) is 10.6 Å². The van der Waals surface area contributed by atoms with Gasteiger partial charge in [-0.05, 0) is 18.9 Å². The van der Waals surface area contributed by atoms with Gasteiger partial charge >= 0.3 is 5.97 Å². The number of carboxylic acid groups (broad SMARTS) is 1. The van der Waals surface area contributed by atoms with Gasteiger partial charge in [0.05, 0.1) is 9.82 Å². The van der Waals surface area contributed by atoms with E-state index in [2.05, 4.69) is 4.72 Å². The van der Waals surface area contributed by atoms with Crippen molar-refractivity contribution in [3.63, 3.8) is 0 Å². The summed E-state index contributed by atoms with van der Waals surface area (Å²) in [6.45, 7) is 4.84. The van der Waals surface area contributed by atoms with Crippen LogP contribution in [0.2, 0.25) is 0 Å². The van der Waals surface area contributed by atoms with Gasteiger partial charge < -0.3 is 5.11 Å². The molecule has 0 unspecified atom stereocenters. The lowest BCUT2D eigenvalue weighted by molar-refractivity contribution is -0.385. The van der Waals surface area contributed by atoms with Crippen molar-refractivity contribution in [3.05, 3.63) is 33.9 Å². The Morgan fingerprint density at radius 3 is 2.50 bits per heavy atom. The molecular formula is C13H18N2O6S. The molecule has 9 heteroatoms. The third-order valence-corrected chi connectivity index (χ3v) is 4.89. The Kier molecular flexibility index (Phi) is 5.61. The van der Waals surface area contributed by atoms with Crippen LogP contribution in [0.25, 0.3) is 0 Å². The van der Waals surface area contributed by atoms with Crippen LogP contribution in [0.15, 0.2) is 23.1 Å². The zero-order valence-corrected chi connectivity index (χ0v) is 13.3. The van der Waals surface area contributed by atoms with Gasteiger partial charge in [0, 0.05) is 11.6 Å². The number of nitro groups is 1. The SMILES string of the molecule is CC[C@H](C)[C@H](NS(=O)(=O)c1ccc(C)c([N+](=O)[O-])c1)C(=O)O. The quantitative estimate of drug-likeness (QED) is 0.578. The van der Waals surface area contributed by atoms with Crippen molar-refractivity contribution in [1.82, 2.24) is 4.72 Å². The average molecular weight is 330 g/mol. The van der Waals surface area contributed by atoms with E-state index < -0.39 is 32.9 Å². The van der Waals surface area contributed by atoms with E-state index in [0.29, 0.717) is 12.0 Å². The second-order valence-corrected chi connectivity index (χ2v) is 6.74. The average Bonchev–Trinajstić information content (AvgIpc) is 2.43. The second kappa shape index (κ2) is 6.84. The lowest BCUT2D eigenvalue weighted by Crippen LogP contribution is -2.44. The van der Waals surface area contributed by atoms with E-state index in [9.17, 15) is 23.3 Å². The van der Waals surface area contributed by atoms with Crippen molar-refractivity contribution < 1.29 is 23.2 Å². The minimum absolute atomic E-state index is 0.320. The number of rotatable bonds is 7. The molecule has 122 valence electrons. The summed E-state index contributed by atoms with van der Waals surface area (Å²) >= 11 is 0. The predicted molar refractivity (Wildman–Crippen MR) is 79.0 cm³/mol. The molecule has 2 N–H and O–H groups in total. The minimum Gasteiger partial charge on any atom is -0.480 e. The van der Waals surface area contributed by atoms with Crippen molar-refractivity contribution in [2.24, 2.45) is 5.92 Å². The molecule has 0 heterocycles. The molecule has 1 aromatic rings. The first-order valence-corrected chi connectivity index (χ1v) is 8.08. The number of carboxylic acids is 1. The van der Waals surface area contributed by atoms with E-state index in [1.807, 2.05) is 0 Å². The van der Waals surface area contributed by atoms with Crippen molar-refractivity contribution >= 4 is 21.7 Å². The molecule has 8 nitrogen and oxygen atoms in total. The maximum absolute atomic E-state index is 12.3. The number of nitrogens with one attached hydrogen (secondary N) is 1. The van der Waals surface area contributed by atoms with Crippen LogP contribution in [0.3, 0.4) is 0 Å². The largest absolute Gasteiger partial charge is 0.480 e. The lowest BCUT2D eigenvalue weighted by atomic mass is 10.0. The van der Waals surface area contributed by atoms with Crippen LogP contribution in [-0.2, 0) is 14.8 Å². The van der Waals surface area contributed by atoms with Crippen molar-refractivity contribution in [3.8, 4) is 0 Å². The Hall–Kier alpha value is -2.00. The standard InChI is InChI=1S/C13H18N2O6S/c1-4-8(2)12(13(16)17)14-22(20,21)10-6-5-9(3)11(7-10)15(18)19/h5-8,12,14H,4H2,1-3H3,(H,16,17)/t8-,12-/m0/s1. The van der Waals surface area contributed by atoms with Crippen LogP contribution < -0.4 is 4.72 Å². The Morgan fingerprint density at radius 1 is 1.45 bits per heavy atom. The van der Waals surface area contributed by atoms with Crippen molar-refractivity contribution in [2.75, 3.05) is 0 Å². The molecule has 0 fully saturated rings. The molecule has 2 atom stereocenters. The zero-order valence-electron chi connectivity index (χ0n) is 12.4. The number of aliphatic carboxylic acids is 1. The summed E-state index contributed by atoms with van der Waals surface area (Å²) in [6, 6.07) is 2.15. The minimum atomic E-state index is -4.17. The Balaban J connectivity index is 3.21. The highest BCUT2D eigenvalue weighted by Gasteiger charge is 2.30. The van der Waals surface area contributed by atoms with Gasteiger partial charge in [0.2, 0.25) is 10.0 Å². The normalized spacial score (nSPS) is 14.3. The smallest absolute Gasteiger partial charge is 0.322 e. The lowest BCUT2D eigenvalue weighted by Gasteiger charge is -2.20. The van der Waals surface area contributed by atoms with Gasteiger partial charge in [0.25, 0.3) is 5.69 Å².